The molecule has 2 N–H and O–H groups in total. The molecule has 2 atom stereocenters. The second-order valence-corrected chi connectivity index (χ2v) is 6.51. The Morgan fingerprint density at radius 2 is 2.00 bits per heavy atom. The Bertz CT molecular complexity index is 274. The van der Waals surface area contributed by atoms with Gasteiger partial charge in [0.05, 0.1) is 0 Å². The summed E-state index contributed by atoms with van der Waals surface area (Å²) in [5.74, 6) is 1.52. The van der Waals surface area contributed by atoms with Gasteiger partial charge in [0.15, 0.2) is 0 Å². The molecule has 0 aromatic rings. The van der Waals surface area contributed by atoms with Gasteiger partial charge in [-0.15, -0.1) is 0 Å². The Morgan fingerprint density at radius 3 is 2.74 bits per heavy atom. The Hall–Kier alpha value is -0.570. The molecule has 19 heavy (non-hydrogen) atoms. The molecule has 1 aliphatic carbocycles. The summed E-state index contributed by atoms with van der Waals surface area (Å²) in [5, 5.41) is 6.53. The van der Waals surface area contributed by atoms with E-state index in [0.717, 1.165) is 38.3 Å². The first-order valence-corrected chi connectivity index (χ1v) is 8.27. The number of unbranched alkanes of at least 4 members (excludes halogenated alkanes) is 1. The van der Waals surface area contributed by atoms with Gasteiger partial charge in [0, 0.05) is 18.5 Å². The van der Waals surface area contributed by atoms with Gasteiger partial charge < -0.3 is 10.6 Å². The third-order valence-corrected chi connectivity index (χ3v) is 4.81. The highest BCUT2D eigenvalue weighted by atomic mass is 16.1. The van der Waals surface area contributed by atoms with E-state index in [1.165, 1.54) is 38.5 Å². The van der Waals surface area contributed by atoms with Crippen molar-refractivity contribution in [3.05, 3.63) is 0 Å². The third-order valence-electron chi connectivity index (χ3n) is 4.81. The first kappa shape index (κ1) is 14.8. The normalized spacial score (nSPS) is 28.5. The second kappa shape index (κ2) is 7.88. The minimum absolute atomic E-state index is 0.242. The van der Waals surface area contributed by atoms with E-state index in [9.17, 15) is 4.79 Å². The molecule has 0 spiro atoms. The summed E-state index contributed by atoms with van der Waals surface area (Å²) in [5.41, 5.74) is 0. The summed E-state index contributed by atoms with van der Waals surface area (Å²) < 4.78 is 0. The van der Waals surface area contributed by atoms with Crippen molar-refractivity contribution in [1.82, 2.24) is 10.6 Å². The molecule has 1 heterocycles. The van der Waals surface area contributed by atoms with E-state index in [0.29, 0.717) is 6.04 Å². The number of amides is 1. The van der Waals surface area contributed by atoms with E-state index in [2.05, 4.69) is 17.6 Å². The van der Waals surface area contributed by atoms with Gasteiger partial charge in [-0.2, -0.15) is 0 Å². The van der Waals surface area contributed by atoms with E-state index in [-0.39, 0.29) is 11.8 Å². The van der Waals surface area contributed by atoms with E-state index >= 15 is 0 Å². The molecule has 2 rings (SSSR count). The maximum atomic E-state index is 12.0. The van der Waals surface area contributed by atoms with Crippen LogP contribution >= 0.6 is 0 Å². The fraction of sp³-hybridized carbons (Fsp3) is 0.938. The SMILES string of the molecule is C[C@H]1C[C@@H](C(=O)NCCCCC2CCCC2)CCN1. The third kappa shape index (κ3) is 5.13. The average Bonchev–Trinajstić information content (AvgIpc) is 2.91. The number of nitrogens with one attached hydrogen (secondary N) is 2. The lowest BCUT2D eigenvalue weighted by Crippen LogP contribution is -2.42. The predicted octanol–water partition coefficient (Wildman–Crippen LogP) is 2.85. The number of carbonyl (C=O) groups is 1. The zero-order valence-corrected chi connectivity index (χ0v) is 12.4. The number of carbonyl (C=O) groups excluding carboxylic acids is 1. The Kier molecular flexibility index (Phi) is 6.15. The number of rotatable bonds is 6. The fourth-order valence-corrected chi connectivity index (χ4v) is 3.58. The van der Waals surface area contributed by atoms with E-state index < -0.39 is 0 Å². The van der Waals surface area contributed by atoms with Gasteiger partial charge in [-0.3, -0.25) is 4.79 Å². The molecule has 110 valence electrons. The van der Waals surface area contributed by atoms with Gasteiger partial charge >= 0.3 is 0 Å². The second-order valence-electron chi connectivity index (χ2n) is 6.51. The number of hydrogen-bond donors (Lipinski definition) is 2. The maximum Gasteiger partial charge on any atom is 0.223 e. The summed E-state index contributed by atoms with van der Waals surface area (Å²) in [7, 11) is 0. The molecule has 0 radical (unpaired) electrons. The highest BCUT2D eigenvalue weighted by Crippen LogP contribution is 2.28. The molecule has 2 aliphatic rings. The average molecular weight is 266 g/mol. The van der Waals surface area contributed by atoms with Crippen molar-refractivity contribution in [3.63, 3.8) is 0 Å². The van der Waals surface area contributed by atoms with Gasteiger partial charge in [0.25, 0.3) is 0 Å². The summed E-state index contributed by atoms with van der Waals surface area (Å²) in [6, 6.07) is 0.492. The maximum absolute atomic E-state index is 12.0. The van der Waals surface area contributed by atoms with Crippen molar-refractivity contribution < 1.29 is 4.79 Å². The predicted molar refractivity (Wildman–Crippen MR) is 79.0 cm³/mol. The van der Waals surface area contributed by atoms with Crippen molar-refractivity contribution in [2.75, 3.05) is 13.1 Å². The van der Waals surface area contributed by atoms with E-state index in [1.54, 1.807) is 0 Å². The van der Waals surface area contributed by atoms with E-state index in [1.807, 2.05) is 0 Å². The molecule has 1 aliphatic heterocycles. The molecule has 3 heteroatoms. The first-order chi connectivity index (χ1) is 9.25. The zero-order valence-electron chi connectivity index (χ0n) is 12.4. The van der Waals surface area contributed by atoms with Crippen LogP contribution in [0.5, 0.6) is 0 Å². The largest absolute Gasteiger partial charge is 0.356 e. The summed E-state index contributed by atoms with van der Waals surface area (Å²) >= 11 is 0. The fourth-order valence-electron chi connectivity index (χ4n) is 3.58. The summed E-state index contributed by atoms with van der Waals surface area (Å²) in [6.45, 7) is 4.03. The zero-order chi connectivity index (χ0) is 13.5. The molecule has 2 fully saturated rings. The topological polar surface area (TPSA) is 41.1 Å². The van der Waals surface area contributed by atoms with Crippen LogP contribution in [0.4, 0.5) is 0 Å². The monoisotopic (exact) mass is 266 g/mol. The lowest BCUT2D eigenvalue weighted by molar-refractivity contribution is -0.126. The van der Waals surface area contributed by atoms with Crippen molar-refractivity contribution in [3.8, 4) is 0 Å². The Labute approximate surface area is 117 Å². The van der Waals surface area contributed by atoms with Crippen LogP contribution < -0.4 is 10.6 Å². The smallest absolute Gasteiger partial charge is 0.223 e. The molecular weight excluding hydrogens is 236 g/mol. The quantitative estimate of drug-likeness (QED) is 0.726. The van der Waals surface area contributed by atoms with Crippen LogP contribution in [0.3, 0.4) is 0 Å². The van der Waals surface area contributed by atoms with Crippen LogP contribution in [-0.4, -0.2) is 25.0 Å². The van der Waals surface area contributed by atoms with Crippen LogP contribution in [0, 0.1) is 11.8 Å². The molecule has 0 aromatic carbocycles. The highest BCUT2D eigenvalue weighted by molar-refractivity contribution is 5.78. The van der Waals surface area contributed by atoms with Crippen LogP contribution in [0.25, 0.3) is 0 Å². The van der Waals surface area contributed by atoms with Gasteiger partial charge in [0.1, 0.15) is 0 Å². The first-order valence-electron chi connectivity index (χ1n) is 8.27. The van der Waals surface area contributed by atoms with Crippen LogP contribution in [0.15, 0.2) is 0 Å². The standard InChI is InChI=1S/C16H30N2O/c1-13-12-15(9-11-17-13)16(19)18-10-5-4-8-14-6-2-3-7-14/h13-15,17H,2-12H2,1H3,(H,18,19)/t13-,15-/m0/s1. The lowest BCUT2D eigenvalue weighted by atomic mass is 9.92. The van der Waals surface area contributed by atoms with Gasteiger partial charge in [-0.25, -0.2) is 0 Å². The molecule has 0 aromatic heterocycles. The van der Waals surface area contributed by atoms with Crippen molar-refractivity contribution >= 4 is 5.91 Å². The van der Waals surface area contributed by atoms with E-state index in [4.69, 9.17) is 0 Å². The molecule has 0 bridgehead atoms. The number of hydrogen-bond acceptors (Lipinski definition) is 2. The molecule has 1 saturated heterocycles. The van der Waals surface area contributed by atoms with Gasteiger partial charge in [-0.1, -0.05) is 38.5 Å². The molecular formula is C16H30N2O. The number of piperidine rings is 1. The van der Waals surface area contributed by atoms with Crippen LogP contribution in [0.1, 0.15) is 64.7 Å². The van der Waals surface area contributed by atoms with Crippen LogP contribution in [0.2, 0.25) is 0 Å². The Morgan fingerprint density at radius 1 is 1.21 bits per heavy atom. The lowest BCUT2D eigenvalue weighted by Gasteiger charge is -2.27. The summed E-state index contributed by atoms with van der Waals surface area (Å²) in [6.07, 6.45) is 11.6. The minimum atomic E-state index is 0.242. The highest BCUT2D eigenvalue weighted by Gasteiger charge is 2.24. The van der Waals surface area contributed by atoms with Crippen molar-refractivity contribution in [2.24, 2.45) is 11.8 Å². The van der Waals surface area contributed by atoms with Gasteiger partial charge in [0.2, 0.25) is 5.91 Å². The Balaban J connectivity index is 1.51. The molecule has 1 amide bonds. The van der Waals surface area contributed by atoms with Gasteiger partial charge in [-0.05, 0) is 38.6 Å². The molecule has 1 saturated carbocycles. The van der Waals surface area contributed by atoms with Crippen LogP contribution in [-0.2, 0) is 4.79 Å². The minimum Gasteiger partial charge on any atom is -0.356 e. The van der Waals surface area contributed by atoms with Crippen molar-refractivity contribution in [2.45, 2.75) is 70.8 Å². The summed E-state index contributed by atoms with van der Waals surface area (Å²) in [4.78, 5) is 12.0. The molecule has 3 nitrogen and oxygen atoms in total. The molecule has 0 unspecified atom stereocenters. The van der Waals surface area contributed by atoms with Crippen molar-refractivity contribution in [1.29, 1.82) is 0 Å².